The van der Waals surface area contributed by atoms with E-state index in [1.165, 1.54) is 89.9 Å². The Labute approximate surface area is 250 Å². The van der Waals surface area contributed by atoms with Gasteiger partial charge in [0.2, 0.25) is 0 Å². The molecule has 0 aliphatic heterocycles. The van der Waals surface area contributed by atoms with E-state index in [1.807, 2.05) is 0 Å². The van der Waals surface area contributed by atoms with Gasteiger partial charge in [0.15, 0.2) is 0 Å². The summed E-state index contributed by atoms with van der Waals surface area (Å²) in [5.41, 5.74) is 0.0299. The van der Waals surface area contributed by atoms with Gasteiger partial charge in [0.25, 0.3) is 0 Å². The standard InChI is InChI=1S/C35H60O6/c1-5-7-9-11-28(12-10-8-6-2)18-22-39-30(36)13-14-31(37)40-26-33(3)24-34(4,25-33)27-41-32(38)23-35-19-15-29(16-20-35)17-21-35/h28-29H,5-27H2,1-4H3. The fourth-order valence-corrected chi connectivity index (χ4v) is 8.17. The van der Waals surface area contributed by atoms with Gasteiger partial charge in [0, 0.05) is 10.8 Å². The molecule has 4 saturated carbocycles. The van der Waals surface area contributed by atoms with Crippen LogP contribution in [0.3, 0.4) is 0 Å². The average molecular weight is 577 g/mol. The molecule has 0 saturated heterocycles. The predicted molar refractivity (Wildman–Crippen MR) is 162 cm³/mol. The highest BCUT2D eigenvalue weighted by molar-refractivity contribution is 5.77. The Bertz CT molecular complexity index is 797. The summed E-state index contributed by atoms with van der Waals surface area (Å²) < 4.78 is 16.8. The van der Waals surface area contributed by atoms with Gasteiger partial charge >= 0.3 is 17.9 Å². The lowest BCUT2D eigenvalue weighted by atomic mass is 9.55. The molecular formula is C35H60O6. The Hall–Kier alpha value is -1.59. The molecule has 0 spiro atoms. The van der Waals surface area contributed by atoms with Crippen molar-refractivity contribution in [2.45, 2.75) is 156 Å². The molecule has 4 aliphatic carbocycles. The fourth-order valence-electron chi connectivity index (χ4n) is 8.17. The lowest BCUT2D eigenvalue weighted by molar-refractivity contribution is -0.166. The molecule has 2 bridgehead atoms. The maximum Gasteiger partial charge on any atom is 0.306 e. The first kappa shape index (κ1) is 33.9. The third-order valence-electron chi connectivity index (χ3n) is 10.4. The zero-order chi connectivity index (χ0) is 29.8. The Kier molecular flexibility index (Phi) is 13.5. The number of carbonyl (C=O) groups excluding carboxylic acids is 3. The van der Waals surface area contributed by atoms with E-state index in [1.54, 1.807) is 0 Å². The van der Waals surface area contributed by atoms with Crippen molar-refractivity contribution in [3.05, 3.63) is 0 Å². The number of hydrogen-bond donors (Lipinski definition) is 0. The van der Waals surface area contributed by atoms with Crippen LogP contribution in [0, 0.1) is 28.1 Å². The summed E-state index contributed by atoms with van der Waals surface area (Å²) >= 11 is 0. The molecule has 0 heterocycles. The van der Waals surface area contributed by atoms with E-state index in [2.05, 4.69) is 27.7 Å². The highest BCUT2D eigenvalue weighted by atomic mass is 16.5. The molecule has 4 rings (SSSR count). The van der Waals surface area contributed by atoms with E-state index >= 15 is 0 Å². The number of unbranched alkanes of at least 4 members (excludes halogenated alkanes) is 4. The molecule has 0 unspecified atom stereocenters. The minimum Gasteiger partial charge on any atom is -0.466 e. The van der Waals surface area contributed by atoms with Crippen LogP contribution >= 0.6 is 0 Å². The van der Waals surface area contributed by atoms with Gasteiger partial charge in [-0.1, -0.05) is 79.1 Å². The van der Waals surface area contributed by atoms with Crippen LogP contribution in [0.25, 0.3) is 0 Å². The predicted octanol–water partition coefficient (Wildman–Crippen LogP) is 8.73. The van der Waals surface area contributed by atoms with E-state index in [-0.39, 0.29) is 47.0 Å². The quantitative estimate of drug-likeness (QED) is 0.0819. The Morgan fingerprint density at radius 2 is 1.17 bits per heavy atom. The minimum absolute atomic E-state index is 0.0398. The first-order chi connectivity index (χ1) is 19.6. The van der Waals surface area contributed by atoms with Gasteiger partial charge in [-0.05, 0) is 75.0 Å². The smallest absolute Gasteiger partial charge is 0.306 e. The Balaban J connectivity index is 1.25. The first-order valence-corrected chi connectivity index (χ1v) is 17.1. The first-order valence-electron chi connectivity index (χ1n) is 17.1. The molecule has 0 amide bonds. The summed E-state index contributed by atoms with van der Waals surface area (Å²) in [5, 5.41) is 0. The van der Waals surface area contributed by atoms with Gasteiger partial charge in [-0.25, -0.2) is 0 Å². The lowest BCUT2D eigenvalue weighted by Crippen LogP contribution is -2.49. The minimum atomic E-state index is -0.346. The molecule has 0 atom stereocenters. The number of esters is 3. The van der Waals surface area contributed by atoms with Crippen molar-refractivity contribution in [2.24, 2.45) is 28.1 Å². The van der Waals surface area contributed by atoms with Crippen molar-refractivity contribution < 1.29 is 28.6 Å². The maximum atomic E-state index is 12.7. The van der Waals surface area contributed by atoms with Crippen LogP contribution < -0.4 is 0 Å². The van der Waals surface area contributed by atoms with Gasteiger partial charge in [-0.15, -0.1) is 0 Å². The van der Waals surface area contributed by atoms with Crippen LogP contribution in [0.4, 0.5) is 0 Å². The van der Waals surface area contributed by atoms with Crippen molar-refractivity contribution in [1.29, 1.82) is 0 Å². The van der Waals surface area contributed by atoms with Gasteiger partial charge in [-0.3, -0.25) is 14.4 Å². The number of hydrogen-bond acceptors (Lipinski definition) is 6. The van der Waals surface area contributed by atoms with Gasteiger partial charge in [-0.2, -0.15) is 0 Å². The molecule has 0 aromatic heterocycles. The zero-order valence-electron chi connectivity index (χ0n) is 26.9. The summed E-state index contributed by atoms with van der Waals surface area (Å²) in [6.45, 7) is 9.95. The van der Waals surface area contributed by atoms with Crippen LogP contribution in [0.5, 0.6) is 0 Å². The molecule has 4 aliphatic rings. The molecule has 0 aromatic rings. The van der Waals surface area contributed by atoms with Crippen LogP contribution in [-0.4, -0.2) is 37.7 Å². The van der Waals surface area contributed by atoms with Crippen molar-refractivity contribution in [3.8, 4) is 0 Å². The van der Waals surface area contributed by atoms with E-state index in [4.69, 9.17) is 14.2 Å². The monoisotopic (exact) mass is 576 g/mol. The van der Waals surface area contributed by atoms with Gasteiger partial charge in [0.1, 0.15) is 0 Å². The van der Waals surface area contributed by atoms with E-state index in [9.17, 15) is 14.4 Å². The van der Waals surface area contributed by atoms with E-state index < -0.39 is 0 Å². The largest absolute Gasteiger partial charge is 0.466 e. The normalized spacial score (nSPS) is 28.8. The summed E-state index contributed by atoms with van der Waals surface area (Å²) in [6, 6.07) is 0. The fraction of sp³-hybridized carbons (Fsp3) is 0.914. The summed E-state index contributed by atoms with van der Waals surface area (Å²) in [7, 11) is 0. The third kappa shape index (κ3) is 11.5. The van der Waals surface area contributed by atoms with Crippen molar-refractivity contribution in [2.75, 3.05) is 19.8 Å². The summed E-state index contributed by atoms with van der Waals surface area (Å²) in [6.07, 6.45) is 20.6. The molecule has 6 heteroatoms. The third-order valence-corrected chi connectivity index (χ3v) is 10.4. The van der Waals surface area contributed by atoms with Gasteiger partial charge < -0.3 is 14.2 Å². The molecule has 4 fully saturated rings. The average Bonchev–Trinajstić information content (AvgIpc) is 2.94. The molecule has 0 radical (unpaired) electrons. The molecule has 6 nitrogen and oxygen atoms in total. The van der Waals surface area contributed by atoms with Crippen LogP contribution in [0.2, 0.25) is 0 Å². The second kappa shape index (κ2) is 16.3. The Morgan fingerprint density at radius 1 is 0.683 bits per heavy atom. The summed E-state index contributed by atoms with van der Waals surface area (Å²) in [4.78, 5) is 37.2. The second-order valence-corrected chi connectivity index (χ2v) is 14.8. The van der Waals surface area contributed by atoms with Crippen LogP contribution in [0.15, 0.2) is 0 Å². The maximum absolute atomic E-state index is 12.7. The topological polar surface area (TPSA) is 78.9 Å². The molecule has 0 aromatic carbocycles. The van der Waals surface area contributed by atoms with Crippen molar-refractivity contribution in [3.63, 3.8) is 0 Å². The number of ether oxygens (including phenoxy) is 3. The van der Waals surface area contributed by atoms with Crippen LogP contribution in [-0.2, 0) is 28.6 Å². The van der Waals surface area contributed by atoms with Crippen LogP contribution in [0.1, 0.15) is 156 Å². The summed E-state index contributed by atoms with van der Waals surface area (Å²) in [5.74, 6) is 0.816. The SMILES string of the molecule is CCCCCC(CCCCC)CCOC(=O)CCC(=O)OCC1(C)CC(C)(COC(=O)CC23CCC(CC2)CC3)C1. The molecule has 0 N–H and O–H groups in total. The van der Waals surface area contributed by atoms with E-state index in [0.717, 1.165) is 25.2 Å². The number of fused-ring (bicyclic) bond motifs is 3. The highest BCUT2D eigenvalue weighted by Crippen LogP contribution is 2.55. The number of carbonyl (C=O) groups is 3. The number of rotatable bonds is 20. The lowest BCUT2D eigenvalue weighted by Gasteiger charge is -2.52. The van der Waals surface area contributed by atoms with Crippen molar-refractivity contribution >= 4 is 17.9 Å². The molecule has 236 valence electrons. The van der Waals surface area contributed by atoms with Gasteiger partial charge in [0.05, 0.1) is 39.1 Å². The molecule has 41 heavy (non-hydrogen) atoms. The second-order valence-electron chi connectivity index (χ2n) is 14.8. The zero-order valence-corrected chi connectivity index (χ0v) is 26.9. The molecular weight excluding hydrogens is 516 g/mol. The van der Waals surface area contributed by atoms with Crippen molar-refractivity contribution in [1.82, 2.24) is 0 Å². The van der Waals surface area contributed by atoms with E-state index in [0.29, 0.717) is 32.2 Å². The highest BCUT2D eigenvalue weighted by Gasteiger charge is 2.50. The Morgan fingerprint density at radius 3 is 1.68 bits per heavy atom.